The molecule has 0 fully saturated rings. The molecule has 2 atom stereocenters. The summed E-state index contributed by atoms with van der Waals surface area (Å²) in [5.41, 5.74) is 0.865. The molecule has 2 unspecified atom stereocenters. The number of benzene rings is 1. The van der Waals surface area contributed by atoms with Crippen LogP contribution in [0.2, 0.25) is 5.02 Å². The molecule has 2 nitrogen and oxygen atoms in total. The minimum atomic E-state index is -0.749. The number of rotatable bonds is 6. The predicted molar refractivity (Wildman–Crippen MR) is 71.4 cm³/mol. The number of halogens is 2. The van der Waals surface area contributed by atoms with Gasteiger partial charge in [-0.25, -0.2) is 4.39 Å². The Labute approximate surface area is 109 Å². The second-order valence-corrected chi connectivity index (χ2v) is 5.94. The number of hydrogen-bond donors (Lipinski definition) is 1. The number of hydrogen-bond acceptors (Lipinski definition) is 2. The fourth-order valence-electron chi connectivity index (χ4n) is 1.49. The summed E-state index contributed by atoms with van der Waals surface area (Å²) in [4.78, 5) is 0. The molecule has 5 heteroatoms. The third-order valence-corrected chi connectivity index (χ3v) is 3.67. The fraction of sp³-hybridized carbons (Fsp3) is 0.500. The largest absolute Gasteiger partial charge is 0.310 e. The standard InChI is InChI=1S/C12H17ClFNOS/c1-9(15-6-3-7-17(2)16)10-4-5-11(13)12(14)8-10/h4-5,8-9,15H,3,6-7H2,1-2H3. The summed E-state index contributed by atoms with van der Waals surface area (Å²) in [6, 6.07) is 4.87. The van der Waals surface area contributed by atoms with Crippen LogP contribution in [-0.4, -0.2) is 22.8 Å². The molecule has 0 aliphatic rings. The average Bonchev–Trinajstić information content (AvgIpc) is 2.27. The Balaban J connectivity index is 2.44. The molecule has 0 heterocycles. The molecule has 1 N–H and O–H groups in total. The highest BCUT2D eigenvalue weighted by atomic mass is 35.5. The summed E-state index contributed by atoms with van der Waals surface area (Å²) in [5, 5.41) is 3.40. The van der Waals surface area contributed by atoms with E-state index in [1.807, 2.05) is 6.92 Å². The Hall–Kier alpha value is -0.450. The molecule has 0 aliphatic heterocycles. The molecule has 0 radical (unpaired) electrons. The van der Waals surface area contributed by atoms with E-state index in [1.54, 1.807) is 18.4 Å². The molecule has 0 saturated heterocycles. The lowest BCUT2D eigenvalue weighted by Gasteiger charge is -2.14. The van der Waals surface area contributed by atoms with Crippen molar-refractivity contribution in [3.05, 3.63) is 34.6 Å². The van der Waals surface area contributed by atoms with E-state index < -0.39 is 16.6 Å². The van der Waals surface area contributed by atoms with E-state index in [1.165, 1.54) is 6.07 Å². The summed E-state index contributed by atoms with van der Waals surface area (Å²) in [6.45, 7) is 2.73. The van der Waals surface area contributed by atoms with E-state index in [0.717, 1.165) is 18.5 Å². The molecule has 96 valence electrons. The molecule has 1 aromatic carbocycles. The van der Waals surface area contributed by atoms with Gasteiger partial charge in [0.1, 0.15) is 5.82 Å². The fourth-order valence-corrected chi connectivity index (χ4v) is 2.16. The van der Waals surface area contributed by atoms with E-state index in [0.29, 0.717) is 5.75 Å². The quantitative estimate of drug-likeness (QED) is 0.810. The Morgan fingerprint density at radius 3 is 2.82 bits per heavy atom. The molecule has 1 rings (SSSR count). The van der Waals surface area contributed by atoms with Gasteiger partial charge < -0.3 is 5.32 Å². The highest BCUT2D eigenvalue weighted by Crippen LogP contribution is 2.19. The van der Waals surface area contributed by atoms with Crippen LogP contribution in [0.1, 0.15) is 24.9 Å². The molecule has 0 bridgehead atoms. The Morgan fingerprint density at radius 2 is 2.24 bits per heavy atom. The van der Waals surface area contributed by atoms with Gasteiger partial charge in [-0.1, -0.05) is 17.7 Å². The van der Waals surface area contributed by atoms with Gasteiger partial charge in [-0.05, 0) is 37.6 Å². The van der Waals surface area contributed by atoms with Crippen LogP contribution in [-0.2, 0) is 10.8 Å². The first kappa shape index (κ1) is 14.6. The van der Waals surface area contributed by atoms with Crippen molar-refractivity contribution in [3.63, 3.8) is 0 Å². The molecule has 17 heavy (non-hydrogen) atoms. The summed E-state index contributed by atoms with van der Waals surface area (Å²) < 4.78 is 24.1. The molecule has 0 aromatic heterocycles. The first-order valence-electron chi connectivity index (χ1n) is 5.49. The maximum absolute atomic E-state index is 13.2. The lowest BCUT2D eigenvalue weighted by Crippen LogP contribution is -2.21. The first-order valence-corrected chi connectivity index (χ1v) is 7.59. The molecule has 0 amide bonds. The van der Waals surface area contributed by atoms with Gasteiger partial charge in [0, 0.05) is 28.9 Å². The zero-order chi connectivity index (χ0) is 12.8. The third-order valence-electron chi connectivity index (χ3n) is 2.50. The van der Waals surface area contributed by atoms with Crippen LogP contribution < -0.4 is 5.32 Å². The van der Waals surface area contributed by atoms with E-state index in [9.17, 15) is 8.60 Å². The van der Waals surface area contributed by atoms with E-state index in [4.69, 9.17) is 11.6 Å². The second-order valence-electron chi connectivity index (χ2n) is 3.98. The van der Waals surface area contributed by atoms with Crippen molar-refractivity contribution in [3.8, 4) is 0 Å². The summed E-state index contributed by atoms with van der Waals surface area (Å²) in [7, 11) is -0.749. The van der Waals surface area contributed by atoms with Crippen LogP contribution in [0.15, 0.2) is 18.2 Å². The van der Waals surface area contributed by atoms with Gasteiger partial charge >= 0.3 is 0 Å². The summed E-state index contributed by atoms with van der Waals surface area (Å²) in [5.74, 6) is 0.293. The topological polar surface area (TPSA) is 29.1 Å². The Bertz CT molecular complexity index is 400. The number of nitrogens with one attached hydrogen (secondary N) is 1. The Morgan fingerprint density at radius 1 is 1.53 bits per heavy atom. The van der Waals surface area contributed by atoms with E-state index >= 15 is 0 Å². The summed E-state index contributed by atoms with van der Waals surface area (Å²) >= 11 is 5.62. The predicted octanol–water partition coefficient (Wildman–Crippen LogP) is 2.90. The second kappa shape index (κ2) is 7.09. The van der Waals surface area contributed by atoms with Gasteiger partial charge in [0.2, 0.25) is 0 Å². The maximum atomic E-state index is 13.2. The molecular formula is C12H17ClFNOS. The maximum Gasteiger partial charge on any atom is 0.142 e. The zero-order valence-electron chi connectivity index (χ0n) is 10.0. The van der Waals surface area contributed by atoms with Crippen LogP contribution in [0.5, 0.6) is 0 Å². The van der Waals surface area contributed by atoms with Crippen molar-refractivity contribution >= 4 is 22.4 Å². The molecule has 1 aromatic rings. The molecular weight excluding hydrogens is 261 g/mol. The van der Waals surface area contributed by atoms with Crippen molar-refractivity contribution in [2.75, 3.05) is 18.6 Å². The normalized spacial score (nSPS) is 14.6. The molecule has 0 spiro atoms. The molecule has 0 saturated carbocycles. The average molecular weight is 278 g/mol. The van der Waals surface area contributed by atoms with Crippen LogP contribution >= 0.6 is 11.6 Å². The summed E-state index contributed by atoms with van der Waals surface area (Å²) in [6.07, 6.45) is 2.54. The van der Waals surface area contributed by atoms with Gasteiger partial charge in [0.05, 0.1) is 5.02 Å². The lowest BCUT2D eigenvalue weighted by molar-refractivity contribution is 0.562. The van der Waals surface area contributed by atoms with Crippen LogP contribution in [0.3, 0.4) is 0 Å². The minimum Gasteiger partial charge on any atom is -0.310 e. The van der Waals surface area contributed by atoms with Gasteiger partial charge in [0.15, 0.2) is 0 Å². The van der Waals surface area contributed by atoms with Gasteiger partial charge in [-0.3, -0.25) is 4.21 Å². The van der Waals surface area contributed by atoms with Gasteiger partial charge in [0.25, 0.3) is 0 Å². The van der Waals surface area contributed by atoms with Crippen molar-refractivity contribution in [2.45, 2.75) is 19.4 Å². The van der Waals surface area contributed by atoms with Crippen molar-refractivity contribution in [1.82, 2.24) is 5.32 Å². The van der Waals surface area contributed by atoms with E-state index in [2.05, 4.69) is 5.32 Å². The minimum absolute atomic E-state index is 0.0621. The highest BCUT2D eigenvalue weighted by Gasteiger charge is 2.07. The first-order chi connectivity index (χ1) is 8.00. The smallest absolute Gasteiger partial charge is 0.142 e. The van der Waals surface area contributed by atoms with Gasteiger partial charge in [-0.2, -0.15) is 0 Å². The SMILES string of the molecule is CC(NCCCS(C)=O)c1ccc(Cl)c(F)c1. The van der Waals surface area contributed by atoms with Crippen LogP contribution in [0, 0.1) is 5.82 Å². The van der Waals surface area contributed by atoms with Crippen molar-refractivity contribution in [1.29, 1.82) is 0 Å². The van der Waals surface area contributed by atoms with Crippen LogP contribution in [0.4, 0.5) is 4.39 Å². The van der Waals surface area contributed by atoms with Crippen molar-refractivity contribution in [2.24, 2.45) is 0 Å². The van der Waals surface area contributed by atoms with Crippen LogP contribution in [0.25, 0.3) is 0 Å². The third kappa shape index (κ3) is 5.15. The lowest BCUT2D eigenvalue weighted by atomic mass is 10.1. The molecule has 0 aliphatic carbocycles. The monoisotopic (exact) mass is 277 g/mol. The highest BCUT2D eigenvalue weighted by molar-refractivity contribution is 7.84. The van der Waals surface area contributed by atoms with E-state index in [-0.39, 0.29) is 11.1 Å². The van der Waals surface area contributed by atoms with Gasteiger partial charge in [-0.15, -0.1) is 0 Å². The Kier molecular flexibility index (Phi) is 6.09. The zero-order valence-corrected chi connectivity index (χ0v) is 11.6. The van der Waals surface area contributed by atoms with Crippen molar-refractivity contribution < 1.29 is 8.60 Å².